The first-order valence-corrected chi connectivity index (χ1v) is 6.30. The van der Waals surface area contributed by atoms with Crippen LogP contribution in [-0.2, 0) is 11.3 Å². The van der Waals surface area contributed by atoms with Gasteiger partial charge in [-0.3, -0.25) is 9.78 Å². The average molecular weight is 289 g/mol. The van der Waals surface area contributed by atoms with Crippen molar-refractivity contribution in [2.24, 2.45) is 0 Å². The van der Waals surface area contributed by atoms with E-state index >= 15 is 0 Å². The molecule has 3 N–H and O–H groups in total. The zero-order valence-electron chi connectivity index (χ0n) is 11.4. The summed E-state index contributed by atoms with van der Waals surface area (Å²) in [7, 11) is 0. The second-order valence-electron chi connectivity index (χ2n) is 4.13. The molecule has 0 fully saturated rings. The van der Waals surface area contributed by atoms with Crippen molar-refractivity contribution in [3.05, 3.63) is 42.0 Å². The Morgan fingerprint density at radius 1 is 1.48 bits per heavy atom. The second kappa shape index (κ2) is 6.51. The Hall–Kier alpha value is -2.90. The summed E-state index contributed by atoms with van der Waals surface area (Å²) in [6, 6.07) is 3.14. The van der Waals surface area contributed by atoms with Crippen molar-refractivity contribution in [3.8, 4) is 0 Å². The van der Waals surface area contributed by atoms with Gasteiger partial charge in [-0.25, -0.2) is 9.48 Å². The summed E-state index contributed by atoms with van der Waals surface area (Å²) in [5, 5.41) is 6.38. The van der Waals surface area contributed by atoms with Crippen molar-refractivity contribution in [2.75, 3.05) is 12.3 Å². The number of nitrogens with two attached hydrogens (primary N) is 1. The lowest BCUT2D eigenvalue weighted by Gasteiger charge is -2.06. The lowest BCUT2D eigenvalue weighted by atomic mass is 10.2. The van der Waals surface area contributed by atoms with Gasteiger partial charge in [0.25, 0.3) is 5.91 Å². The molecule has 0 aliphatic heterocycles. The van der Waals surface area contributed by atoms with Gasteiger partial charge in [-0.15, -0.1) is 0 Å². The van der Waals surface area contributed by atoms with Gasteiger partial charge < -0.3 is 15.8 Å². The number of hydrogen-bond donors (Lipinski definition) is 2. The zero-order valence-corrected chi connectivity index (χ0v) is 11.4. The number of anilines is 1. The molecule has 0 saturated carbocycles. The van der Waals surface area contributed by atoms with E-state index in [1.165, 1.54) is 18.6 Å². The Morgan fingerprint density at radius 2 is 2.29 bits per heavy atom. The van der Waals surface area contributed by atoms with Crippen LogP contribution < -0.4 is 11.1 Å². The maximum atomic E-state index is 12.2. The minimum Gasteiger partial charge on any atom is -0.450 e. The van der Waals surface area contributed by atoms with E-state index in [0.717, 1.165) is 4.68 Å². The number of amides is 1. The number of aromatic nitrogens is 3. The maximum absolute atomic E-state index is 12.2. The van der Waals surface area contributed by atoms with Crippen molar-refractivity contribution in [1.29, 1.82) is 0 Å². The summed E-state index contributed by atoms with van der Waals surface area (Å²) in [6.45, 7) is 2.17. The average Bonchev–Trinajstić information content (AvgIpc) is 2.91. The van der Waals surface area contributed by atoms with E-state index in [-0.39, 0.29) is 12.5 Å². The van der Waals surface area contributed by atoms with E-state index in [1.807, 2.05) is 0 Å². The normalized spacial score (nSPS) is 10.1. The Morgan fingerprint density at radius 3 is 2.95 bits per heavy atom. The third-order valence-electron chi connectivity index (χ3n) is 2.56. The number of nitrogen functional groups attached to an aromatic ring is 1. The van der Waals surface area contributed by atoms with Crippen LogP contribution in [0.1, 0.15) is 23.0 Å². The minimum atomic E-state index is -0.532. The molecule has 8 nitrogen and oxygen atoms in total. The van der Waals surface area contributed by atoms with Crippen LogP contribution in [0.2, 0.25) is 0 Å². The van der Waals surface area contributed by atoms with Crippen LogP contribution in [0.25, 0.3) is 0 Å². The smallest absolute Gasteiger partial charge is 0.407 e. The van der Waals surface area contributed by atoms with Crippen LogP contribution >= 0.6 is 0 Å². The van der Waals surface area contributed by atoms with Crippen LogP contribution in [0.4, 0.5) is 10.5 Å². The highest BCUT2D eigenvalue weighted by atomic mass is 16.5. The highest BCUT2D eigenvalue weighted by molar-refractivity contribution is 5.95. The fraction of sp³-hybridized carbons (Fsp3) is 0.231. The predicted molar refractivity (Wildman–Crippen MR) is 74.5 cm³/mol. The van der Waals surface area contributed by atoms with E-state index in [2.05, 4.69) is 15.4 Å². The molecular weight excluding hydrogens is 274 g/mol. The van der Waals surface area contributed by atoms with E-state index in [0.29, 0.717) is 23.6 Å². The van der Waals surface area contributed by atoms with Crippen molar-refractivity contribution < 1.29 is 14.3 Å². The van der Waals surface area contributed by atoms with E-state index < -0.39 is 6.09 Å². The molecule has 0 aliphatic carbocycles. The van der Waals surface area contributed by atoms with Crippen LogP contribution in [0.5, 0.6) is 0 Å². The molecule has 0 spiro atoms. The fourth-order valence-corrected chi connectivity index (χ4v) is 1.63. The van der Waals surface area contributed by atoms with Crippen molar-refractivity contribution in [1.82, 2.24) is 20.1 Å². The van der Waals surface area contributed by atoms with Crippen LogP contribution in [0, 0.1) is 0 Å². The minimum absolute atomic E-state index is 0.168. The van der Waals surface area contributed by atoms with Gasteiger partial charge in [0.2, 0.25) is 0 Å². The number of nitrogens with one attached hydrogen (secondary N) is 1. The lowest BCUT2D eigenvalue weighted by Crippen LogP contribution is -2.24. The Balaban J connectivity index is 2.07. The molecule has 0 bridgehead atoms. The lowest BCUT2D eigenvalue weighted by molar-refractivity contribution is 0.0945. The molecular formula is C13H15N5O3. The van der Waals surface area contributed by atoms with Crippen molar-refractivity contribution in [3.63, 3.8) is 0 Å². The van der Waals surface area contributed by atoms with Crippen LogP contribution in [0.15, 0.2) is 30.7 Å². The first-order valence-electron chi connectivity index (χ1n) is 6.30. The number of pyridine rings is 1. The topological polar surface area (TPSA) is 112 Å². The number of carbonyl (C=O) groups is 2. The summed E-state index contributed by atoms with van der Waals surface area (Å²) in [5.74, 6) is -0.327. The standard InChI is InChI=1S/C13H15N5O3/c1-2-21-13(20)16-7-11-5-9(3-4-15-11)12(19)18-8-10(14)6-17-18/h3-6,8H,2,7,14H2,1H3,(H,16,20). The SMILES string of the molecule is CCOC(=O)NCc1cc(C(=O)n2cc(N)cn2)ccn1. The first-order chi connectivity index (χ1) is 10.1. The summed E-state index contributed by atoms with van der Waals surface area (Å²) >= 11 is 0. The number of carbonyl (C=O) groups excluding carboxylic acids is 2. The van der Waals surface area contributed by atoms with Gasteiger partial charge in [-0.05, 0) is 19.1 Å². The highest BCUT2D eigenvalue weighted by Crippen LogP contribution is 2.06. The Kier molecular flexibility index (Phi) is 4.50. The van der Waals surface area contributed by atoms with Gasteiger partial charge in [-0.2, -0.15) is 5.10 Å². The number of nitrogens with zero attached hydrogens (tertiary/aromatic N) is 3. The molecule has 2 rings (SSSR count). The molecule has 0 aliphatic rings. The number of ether oxygens (including phenoxy) is 1. The largest absolute Gasteiger partial charge is 0.450 e. The third kappa shape index (κ3) is 3.78. The molecule has 110 valence electrons. The van der Waals surface area contributed by atoms with Crippen molar-refractivity contribution >= 4 is 17.7 Å². The van der Waals surface area contributed by atoms with E-state index in [9.17, 15) is 9.59 Å². The van der Waals surface area contributed by atoms with Gasteiger partial charge in [0.05, 0.1) is 36.9 Å². The molecule has 0 radical (unpaired) electrons. The molecule has 0 unspecified atom stereocenters. The fourth-order valence-electron chi connectivity index (χ4n) is 1.63. The zero-order chi connectivity index (χ0) is 15.2. The summed E-state index contributed by atoms with van der Waals surface area (Å²) < 4.78 is 5.89. The molecule has 2 aromatic rings. The molecule has 0 aromatic carbocycles. The van der Waals surface area contributed by atoms with Crippen molar-refractivity contribution in [2.45, 2.75) is 13.5 Å². The molecule has 21 heavy (non-hydrogen) atoms. The van der Waals surface area contributed by atoms with Gasteiger partial charge in [0.15, 0.2) is 0 Å². The molecule has 2 heterocycles. The molecule has 0 saturated heterocycles. The van der Waals surface area contributed by atoms with Gasteiger partial charge in [-0.1, -0.05) is 0 Å². The van der Waals surface area contributed by atoms with Gasteiger partial charge in [0.1, 0.15) is 0 Å². The molecule has 2 aromatic heterocycles. The highest BCUT2D eigenvalue weighted by Gasteiger charge is 2.11. The molecule has 8 heteroatoms. The summed E-state index contributed by atoms with van der Waals surface area (Å²) in [6.07, 6.45) is 3.78. The van der Waals surface area contributed by atoms with Crippen LogP contribution in [-0.4, -0.2) is 33.4 Å². The van der Waals surface area contributed by atoms with Gasteiger partial charge >= 0.3 is 6.09 Å². The Bertz CT molecular complexity index is 653. The quantitative estimate of drug-likeness (QED) is 0.860. The number of hydrogen-bond acceptors (Lipinski definition) is 6. The summed E-state index contributed by atoms with van der Waals surface area (Å²) in [4.78, 5) is 27.4. The molecule has 0 atom stereocenters. The second-order valence-corrected chi connectivity index (χ2v) is 4.13. The van der Waals surface area contributed by atoms with Crippen LogP contribution in [0.3, 0.4) is 0 Å². The number of alkyl carbamates (subject to hydrolysis) is 1. The maximum Gasteiger partial charge on any atom is 0.407 e. The third-order valence-corrected chi connectivity index (χ3v) is 2.56. The van der Waals surface area contributed by atoms with E-state index in [4.69, 9.17) is 10.5 Å². The predicted octanol–water partition coefficient (Wildman–Crippen LogP) is 0.795. The Labute approximate surface area is 120 Å². The first kappa shape index (κ1) is 14.5. The molecule has 1 amide bonds. The monoisotopic (exact) mass is 289 g/mol. The van der Waals surface area contributed by atoms with Gasteiger partial charge in [0, 0.05) is 11.8 Å². The summed E-state index contributed by atoms with van der Waals surface area (Å²) in [5.41, 5.74) is 6.86. The van der Waals surface area contributed by atoms with E-state index in [1.54, 1.807) is 19.1 Å². The number of rotatable bonds is 4.